The second-order valence-corrected chi connectivity index (χ2v) is 4.31. The lowest BCUT2D eigenvalue weighted by Crippen LogP contribution is -2.44. The minimum absolute atomic E-state index is 0.0984. The molecule has 4 nitrogen and oxygen atoms in total. The molecule has 2 heterocycles. The molecule has 0 unspecified atom stereocenters. The van der Waals surface area contributed by atoms with Gasteiger partial charge in [0.25, 0.3) is 0 Å². The molecule has 1 aromatic heterocycles. The summed E-state index contributed by atoms with van der Waals surface area (Å²) in [7, 11) is 0. The number of esters is 1. The fourth-order valence-electron chi connectivity index (χ4n) is 2.29. The average molecular weight is 237 g/mol. The van der Waals surface area contributed by atoms with Crippen molar-refractivity contribution in [2.45, 2.75) is 38.8 Å². The minimum atomic E-state index is -0.103. The molecule has 0 aliphatic carbocycles. The molecule has 1 aliphatic heterocycles. The highest BCUT2D eigenvalue weighted by molar-refractivity contribution is 5.75. The van der Waals surface area contributed by atoms with E-state index in [1.54, 1.807) is 6.26 Å². The molecule has 0 aromatic carbocycles. The van der Waals surface area contributed by atoms with Crippen LogP contribution in [0.25, 0.3) is 0 Å². The lowest BCUT2D eigenvalue weighted by atomic mass is 10.0. The molecule has 1 fully saturated rings. The highest BCUT2D eigenvalue weighted by Gasteiger charge is 2.30. The first kappa shape index (κ1) is 12.2. The number of hydrogen-bond acceptors (Lipinski definition) is 4. The van der Waals surface area contributed by atoms with E-state index in [0.29, 0.717) is 13.2 Å². The summed E-state index contributed by atoms with van der Waals surface area (Å²) in [6.45, 7) is 3.92. The zero-order chi connectivity index (χ0) is 12.1. The van der Waals surface area contributed by atoms with E-state index in [2.05, 4.69) is 4.90 Å². The van der Waals surface area contributed by atoms with Gasteiger partial charge in [0.05, 0.1) is 19.4 Å². The predicted molar refractivity (Wildman–Crippen MR) is 63.4 cm³/mol. The van der Waals surface area contributed by atoms with Crippen molar-refractivity contribution < 1.29 is 13.9 Å². The molecule has 94 valence electrons. The minimum Gasteiger partial charge on any atom is -0.468 e. The maximum atomic E-state index is 11.8. The van der Waals surface area contributed by atoms with Crippen molar-refractivity contribution >= 4 is 5.97 Å². The van der Waals surface area contributed by atoms with E-state index in [1.165, 1.54) is 0 Å². The Bertz CT molecular complexity index is 348. The first-order valence-corrected chi connectivity index (χ1v) is 6.24. The summed E-state index contributed by atoms with van der Waals surface area (Å²) in [5, 5.41) is 0. The van der Waals surface area contributed by atoms with Crippen LogP contribution >= 0.6 is 0 Å². The van der Waals surface area contributed by atoms with Gasteiger partial charge in [0.1, 0.15) is 11.8 Å². The topological polar surface area (TPSA) is 42.7 Å². The van der Waals surface area contributed by atoms with Crippen molar-refractivity contribution in [1.82, 2.24) is 4.90 Å². The summed E-state index contributed by atoms with van der Waals surface area (Å²) in [5.74, 6) is 0.806. The van der Waals surface area contributed by atoms with E-state index in [1.807, 2.05) is 19.1 Å². The Balaban J connectivity index is 1.99. The van der Waals surface area contributed by atoms with Gasteiger partial charge in [0, 0.05) is 0 Å². The molecule has 4 heteroatoms. The van der Waals surface area contributed by atoms with E-state index in [9.17, 15) is 4.79 Å². The molecule has 17 heavy (non-hydrogen) atoms. The van der Waals surface area contributed by atoms with Crippen LogP contribution < -0.4 is 0 Å². The number of carbonyl (C=O) groups excluding carboxylic acids is 1. The fourth-order valence-corrected chi connectivity index (χ4v) is 2.29. The van der Waals surface area contributed by atoms with Gasteiger partial charge >= 0.3 is 5.97 Å². The van der Waals surface area contributed by atoms with Gasteiger partial charge in [-0.1, -0.05) is 6.42 Å². The lowest BCUT2D eigenvalue weighted by molar-refractivity contribution is -0.151. The number of furan rings is 1. The molecular formula is C13H19NO3. The van der Waals surface area contributed by atoms with Gasteiger partial charge < -0.3 is 9.15 Å². The largest absolute Gasteiger partial charge is 0.468 e. The molecule has 1 aliphatic rings. The van der Waals surface area contributed by atoms with E-state index < -0.39 is 0 Å². The van der Waals surface area contributed by atoms with Crippen LogP contribution in [0, 0.1) is 0 Å². The van der Waals surface area contributed by atoms with Crippen LogP contribution in [0.2, 0.25) is 0 Å². The van der Waals surface area contributed by atoms with Crippen molar-refractivity contribution in [3.8, 4) is 0 Å². The van der Waals surface area contributed by atoms with Crippen molar-refractivity contribution in [1.29, 1.82) is 0 Å². The fraction of sp³-hybridized carbons (Fsp3) is 0.615. The lowest BCUT2D eigenvalue weighted by Gasteiger charge is -2.33. The Morgan fingerprint density at radius 1 is 1.59 bits per heavy atom. The second kappa shape index (κ2) is 5.87. The summed E-state index contributed by atoms with van der Waals surface area (Å²) >= 11 is 0. The molecule has 0 amide bonds. The highest BCUT2D eigenvalue weighted by Crippen LogP contribution is 2.20. The Kier molecular flexibility index (Phi) is 4.20. The maximum Gasteiger partial charge on any atom is 0.323 e. The van der Waals surface area contributed by atoms with Crippen LogP contribution in [0.4, 0.5) is 0 Å². The summed E-state index contributed by atoms with van der Waals surface area (Å²) in [4.78, 5) is 14.0. The SMILES string of the molecule is CCOC(=O)[C@@H]1CCCCN1Cc1ccco1. The van der Waals surface area contributed by atoms with Gasteiger partial charge in [-0.15, -0.1) is 0 Å². The number of nitrogens with zero attached hydrogens (tertiary/aromatic N) is 1. The zero-order valence-corrected chi connectivity index (χ0v) is 10.2. The summed E-state index contributed by atoms with van der Waals surface area (Å²) in [5.41, 5.74) is 0. The van der Waals surface area contributed by atoms with Crippen molar-refractivity contribution in [2.75, 3.05) is 13.2 Å². The number of rotatable bonds is 4. The number of hydrogen-bond donors (Lipinski definition) is 0. The molecular weight excluding hydrogens is 218 g/mol. The first-order chi connectivity index (χ1) is 8.31. The monoisotopic (exact) mass is 237 g/mol. The molecule has 2 rings (SSSR count). The Morgan fingerprint density at radius 3 is 3.18 bits per heavy atom. The number of piperidine rings is 1. The molecule has 0 radical (unpaired) electrons. The second-order valence-electron chi connectivity index (χ2n) is 4.31. The van der Waals surface area contributed by atoms with Gasteiger partial charge in [-0.05, 0) is 38.4 Å². The van der Waals surface area contributed by atoms with Gasteiger partial charge in [-0.25, -0.2) is 0 Å². The van der Waals surface area contributed by atoms with Crippen molar-refractivity contribution in [3.05, 3.63) is 24.2 Å². The summed E-state index contributed by atoms with van der Waals surface area (Å²) in [6, 6.07) is 3.71. The van der Waals surface area contributed by atoms with Gasteiger partial charge in [0.15, 0.2) is 0 Å². The zero-order valence-electron chi connectivity index (χ0n) is 10.2. The molecule has 0 saturated carbocycles. The number of likely N-dealkylation sites (tertiary alicyclic amines) is 1. The summed E-state index contributed by atoms with van der Waals surface area (Å²) < 4.78 is 10.5. The molecule has 1 aromatic rings. The number of carbonyl (C=O) groups is 1. The van der Waals surface area contributed by atoms with Crippen molar-refractivity contribution in [2.24, 2.45) is 0 Å². The first-order valence-electron chi connectivity index (χ1n) is 6.24. The van der Waals surface area contributed by atoms with E-state index >= 15 is 0 Å². The molecule has 1 saturated heterocycles. The molecule has 0 spiro atoms. The maximum absolute atomic E-state index is 11.8. The van der Waals surface area contributed by atoms with Gasteiger partial charge in [-0.3, -0.25) is 9.69 Å². The highest BCUT2D eigenvalue weighted by atomic mass is 16.5. The predicted octanol–water partition coefficient (Wildman–Crippen LogP) is 2.20. The Morgan fingerprint density at radius 2 is 2.47 bits per heavy atom. The van der Waals surface area contributed by atoms with Gasteiger partial charge in [0.2, 0.25) is 0 Å². The third-order valence-electron chi connectivity index (χ3n) is 3.11. The number of ether oxygens (including phenoxy) is 1. The smallest absolute Gasteiger partial charge is 0.323 e. The quantitative estimate of drug-likeness (QED) is 0.753. The third kappa shape index (κ3) is 3.09. The molecule has 1 atom stereocenters. The van der Waals surface area contributed by atoms with E-state index in [0.717, 1.165) is 31.6 Å². The third-order valence-corrected chi connectivity index (χ3v) is 3.11. The summed E-state index contributed by atoms with van der Waals surface area (Å²) in [6.07, 6.45) is 4.78. The van der Waals surface area contributed by atoms with Crippen LogP contribution in [-0.4, -0.2) is 30.1 Å². The average Bonchev–Trinajstić information content (AvgIpc) is 2.83. The van der Waals surface area contributed by atoms with Crippen LogP contribution in [0.15, 0.2) is 22.8 Å². The molecule has 0 bridgehead atoms. The van der Waals surface area contributed by atoms with Crippen LogP contribution in [0.1, 0.15) is 31.9 Å². The van der Waals surface area contributed by atoms with Crippen molar-refractivity contribution in [3.63, 3.8) is 0 Å². The van der Waals surface area contributed by atoms with Gasteiger partial charge in [-0.2, -0.15) is 0 Å². The normalized spacial score (nSPS) is 21.4. The van der Waals surface area contributed by atoms with Crippen LogP contribution in [-0.2, 0) is 16.1 Å². The van der Waals surface area contributed by atoms with E-state index in [4.69, 9.17) is 9.15 Å². The Labute approximate surface area is 102 Å². The van der Waals surface area contributed by atoms with Crippen LogP contribution in [0.3, 0.4) is 0 Å². The standard InChI is InChI=1S/C13H19NO3/c1-2-16-13(15)12-7-3-4-8-14(12)10-11-6-5-9-17-11/h5-6,9,12H,2-4,7-8,10H2,1H3/t12-/m0/s1. The molecule has 0 N–H and O–H groups in total. The van der Waals surface area contributed by atoms with E-state index in [-0.39, 0.29) is 12.0 Å². The Hall–Kier alpha value is -1.29. The van der Waals surface area contributed by atoms with Crippen LogP contribution in [0.5, 0.6) is 0 Å².